The molecular formula is C17H24N2O. The van der Waals surface area contributed by atoms with Crippen molar-refractivity contribution in [2.45, 2.75) is 44.7 Å². The summed E-state index contributed by atoms with van der Waals surface area (Å²) >= 11 is 0. The van der Waals surface area contributed by atoms with Crippen molar-refractivity contribution < 1.29 is 5.11 Å². The van der Waals surface area contributed by atoms with Gasteiger partial charge in [-0.3, -0.25) is 0 Å². The Balaban J connectivity index is 1.88. The van der Waals surface area contributed by atoms with Crippen LogP contribution in [0.5, 0.6) is 0 Å². The number of aliphatic hydroxyl groups is 1. The van der Waals surface area contributed by atoms with Crippen LogP contribution in [0.15, 0.2) is 24.3 Å². The molecule has 0 spiro atoms. The third-order valence-corrected chi connectivity index (χ3v) is 5.00. The molecule has 0 saturated heterocycles. The molecule has 1 heterocycles. The van der Waals surface area contributed by atoms with Crippen LogP contribution < -0.4 is 5.32 Å². The summed E-state index contributed by atoms with van der Waals surface area (Å²) in [5.74, 6) is 0. The second-order valence-corrected chi connectivity index (χ2v) is 6.15. The van der Waals surface area contributed by atoms with Gasteiger partial charge in [-0.25, -0.2) is 0 Å². The van der Waals surface area contributed by atoms with Gasteiger partial charge in [-0.15, -0.1) is 0 Å². The number of hydrogen-bond acceptors (Lipinski definition) is 2. The molecule has 2 aromatic rings. The number of nitrogens with zero attached hydrogens (tertiary/aromatic N) is 1. The van der Waals surface area contributed by atoms with Crippen LogP contribution in [-0.2, 0) is 13.6 Å². The number of fused-ring (bicyclic) bond motifs is 1. The van der Waals surface area contributed by atoms with Crippen molar-refractivity contribution in [1.29, 1.82) is 0 Å². The Morgan fingerprint density at radius 2 is 1.95 bits per heavy atom. The lowest BCUT2D eigenvalue weighted by Crippen LogP contribution is -2.45. The number of hydrogen-bond donors (Lipinski definition) is 2. The Morgan fingerprint density at radius 3 is 2.60 bits per heavy atom. The molecule has 0 amide bonds. The highest BCUT2D eigenvalue weighted by molar-refractivity contribution is 5.85. The van der Waals surface area contributed by atoms with Gasteiger partial charge in [0, 0.05) is 35.7 Å². The first-order valence-corrected chi connectivity index (χ1v) is 7.56. The topological polar surface area (TPSA) is 37.2 Å². The predicted molar refractivity (Wildman–Crippen MR) is 82.8 cm³/mol. The molecule has 1 saturated carbocycles. The number of aliphatic hydroxyl groups excluding tert-OH is 1. The summed E-state index contributed by atoms with van der Waals surface area (Å²) in [6.45, 7) is 3.27. The van der Waals surface area contributed by atoms with Crippen molar-refractivity contribution in [3.8, 4) is 0 Å². The van der Waals surface area contributed by atoms with Crippen molar-refractivity contribution in [3.05, 3.63) is 35.5 Å². The molecular weight excluding hydrogens is 248 g/mol. The number of aryl methyl sites for hydroxylation is 2. The van der Waals surface area contributed by atoms with Gasteiger partial charge in [0.25, 0.3) is 0 Å². The Morgan fingerprint density at radius 1 is 1.25 bits per heavy atom. The summed E-state index contributed by atoms with van der Waals surface area (Å²) in [6, 6.07) is 8.54. The predicted octanol–water partition coefficient (Wildman–Crippen LogP) is 2.88. The molecule has 108 valence electrons. The van der Waals surface area contributed by atoms with E-state index in [1.807, 2.05) is 0 Å². The third kappa shape index (κ3) is 2.15. The monoisotopic (exact) mass is 272 g/mol. The first kappa shape index (κ1) is 13.7. The lowest BCUT2D eigenvalue weighted by molar-refractivity contribution is 0.162. The molecule has 0 atom stereocenters. The molecule has 2 N–H and O–H groups in total. The van der Waals surface area contributed by atoms with Crippen molar-refractivity contribution in [1.82, 2.24) is 9.88 Å². The van der Waals surface area contributed by atoms with E-state index >= 15 is 0 Å². The molecule has 1 aromatic heterocycles. The summed E-state index contributed by atoms with van der Waals surface area (Å²) in [5.41, 5.74) is 3.90. The van der Waals surface area contributed by atoms with Gasteiger partial charge in [-0.2, -0.15) is 0 Å². The first-order chi connectivity index (χ1) is 9.67. The second-order valence-electron chi connectivity index (χ2n) is 6.15. The van der Waals surface area contributed by atoms with Crippen LogP contribution >= 0.6 is 0 Å². The van der Waals surface area contributed by atoms with E-state index in [0.29, 0.717) is 0 Å². The van der Waals surface area contributed by atoms with Gasteiger partial charge in [0.15, 0.2) is 0 Å². The molecule has 20 heavy (non-hydrogen) atoms. The molecule has 1 fully saturated rings. The zero-order chi connectivity index (χ0) is 14.2. The van der Waals surface area contributed by atoms with Gasteiger partial charge in [-0.05, 0) is 31.4 Å². The molecule has 1 aliphatic rings. The van der Waals surface area contributed by atoms with Crippen LogP contribution in [0.1, 0.15) is 36.9 Å². The fourth-order valence-corrected chi connectivity index (χ4v) is 3.60. The molecule has 1 aliphatic carbocycles. The maximum absolute atomic E-state index is 9.70. The highest BCUT2D eigenvalue weighted by Crippen LogP contribution is 2.30. The third-order valence-electron chi connectivity index (χ3n) is 5.00. The minimum atomic E-state index is -0.0527. The summed E-state index contributed by atoms with van der Waals surface area (Å²) in [6.07, 6.45) is 4.63. The Kier molecular flexibility index (Phi) is 3.57. The first-order valence-electron chi connectivity index (χ1n) is 7.56. The zero-order valence-corrected chi connectivity index (χ0v) is 12.4. The quantitative estimate of drug-likeness (QED) is 0.898. The largest absolute Gasteiger partial charge is 0.394 e. The average Bonchev–Trinajstić information content (AvgIpc) is 3.04. The van der Waals surface area contributed by atoms with Gasteiger partial charge >= 0.3 is 0 Å². The maximum Gasteiger partial charge on any atom is 0.0613 e. The Bertz CT molecular complexity index is 570. The van der Waals surface area contributed by atoms with Gasteiger partial charge < -0.3 is 15.0 Å². The molecule has 3 heteroatoms. The highest BCUT2D eigenvalue weighted by atomic mass is 16.3. The Labute approximate surface area is 120 Å². The average molecular weight is 272 g/mol. The van der Waals surface area contributed by atoms with Crippen LogP contribution in [-0.4, -0.2) is 21.8 Å². The lowest BCUT2D eigenvalue weighted by atomic mass is 9.98. The van der Waals surface area contributed by atoms with Gasteiger partial charge in [0.2, 0.25) is 0 Å². The summed E-state index contributed by atoms with van der Waals surface area (Å²) in [7, 11) is 2.13. The van der Waals surface area contributed by atoms with Crippen LogP contribution in [0.4, 0.5) is 0 Å². The summed E-state index contributed by atoms with van der Waals surface area (Å²) < 4.78 is 2.28. The number of nitrogens with one attached hydrogen (secondary N) is 1. The van der Waals surface area contributed by atoms with Crippen LogP contribution in [0.25, 0.3) is 10.9 Å². The van der Waals surface area contributed by atoms with E-state index in [1.54, 1.807) is 0 Å². The van der Waals surface area contributed by atoms with E-state index in [9.17, 15) is 5.11 Å². The van der Waals surface area contributed by atoms with E-state index in [2.05, 4.69) is 48.1 Å². The van der Waals surface area contributed by atoms with Crippen molar-refractivity contribution >= 4 is 10.9 Å². The summed E-state index contributed by atoms with van der Waals surface area (Å²) in [5, 5.41) is 14.7. The highest BCUT2D eigenvalue weighted by Gasteiger charge is 2.32. The minimum Gasteiger partial charge on any atom is -0.394 e. The van der Waals surface area contributed by atoms with E-state index in [0.717, 1.165) is 19.4 Å². The molecule has 0 radical (unpaired) electrons. The molecule has 0 aliphatic heterocycles. The SMILES string of the molecule is Cc1c(CNC2(CO)CCCC2)n(C)c2ccccc12. The lowest BCUT2D eigenvalue weighted by Gasteiger charge is -2.28. The van der Waals surface area contributed by atoms with Gasteiger partial charge in [-0.1, -0.05) is 31.0 Å². The van der Waals surface area contributed by atoms with Gasteiger partial charge in [0.05, 0.1) is 6.61 Å². The zero-order valence-electron chi connectivity index (χ0n) is 12.4. The van der Waals surface area contributed by atoms with Crippen molar-refractivity contribution in [2.75, 3.05) is 6.61 Å². The normalized spacial score (nSPS) is 17.9. The molecule has 0 unspecified atom stereocenters. The number of rotatable bonds is 4. The fourth-order valence-electron chi connectivity index (χ4n) is 3.60. The fraction of sp³-hybridized carbons (Fsp3) is 0.529. The smallest absolute Gasteiger partial charge is 0.0613 e. The van der Waals surface area contributed by atoms with Gasteiger partial charge in [0.1, 0.15) is 0 Å². The van der Waals surface area contributed by atoms with E-state index < -0.39 is 0 Å². The van der Waals surface area contributed by atoms with Crippen LogP contribution in [0.3, 0.4) is 0 Å². The Hall–Kier alpha value is -1.32. The molecule has 3 rings (SSSR count). The molecule has 1 aromatic carbocycles. The van der Waals surface area contributed by atoms with Crippen molar-refractivity contribution in [3.63, 3.8) is 0 Å². The van der Waals surface area contributed by atoms with Crippen LogP contribution in [0, 0.1) is 6.92 Å². The number of aromatic nitrogens is 1. The van der Waals surface area contributed by atoms with Crippen LogP contribution in [0.2, 0.25) is 0 Å². The van der Waals surface area contributed by atoms with E-state index in [4.69, 9.17) is 0 Å². The second kappa shape index (κ2) is 5.23. The summed E-state index contributed by atoms with van der Waals surface area (Å²) in [4.78, 5) is 0. The minimum absolute atomic E-state index is 0.0527. The van der Waals surface area contributed by atoms with E-state index in [1.165, 1.54) is 35.0 Å². The van der Waals surface area contributed by atoms with E-state index in [-0.39, 0.29) is 12.1 Å². The molecule has 0 bridgehead atoms. The standard InChI is InChI=1S/C17H24N2O/c1-13-14-7-3-4-8-15(14)19(2)16(13)11-18-17(12-20)9-5-6-10-17/h3-4,7-8,18,20H,5-6,9-12H2,1-2H3. The van der Waals surface area contributed by atoms with Crippen molar-refractivity contribution in [2.24, 2.45) is 7.05 Å². The molecule has 3 nitrogen and oxygen atoms in total. The number of para-hydroxylation sites is 1. The number of benzene rings is 1. The maximum atomic E-state index is 9.70.